The molecule has 0 atom stereocenters. The topological polar surface area (TPSA) is 92.3 Å². The Labute approximate surface area is 150 Å². The van der Waals surface area contributed by atoms with E-state index >= 15 is 0 Å². The number of nitrogens with zero attached hydrogens (tertiary/aromatic N) is 3. The van der Waals surface area contributed by atoms with Crippen molar-refractivity contribution in [2.24, 2.45) is 0 Å². The minimum atomic E-state index is -0.593. The average molecular weight is 452 g/mol. The second kappa shape index (κ2) is 7.22. The number of methoxy groups -OCH3 is 1. The second-order valence-corrected chi connectivity index (χ2v) is 11.7. The minimum absolute atomic E-state index is 0.0351. The monoisotopic (exact) mass is 452 g/mol. The van der Waals surface area contributed by atoms with Gasteiger partial charge in [-0.05, 0) is 41.4 Å². The van der Waals surface area contributed by atoms with Crippen molar-refractivity contribution < 1.29 is 14.3 Å². The summed E-state index contributed by atoms with van der Waals surface area (Å²) in [6.45, 7) is 1.07. The quantitative estimate of drug-likeness (QED) is 0.410. The molecule has 0 radical (unpaired) electrons. The van der Waals surface area contributed by atoms with Crippen molar-refractivity contribution in [3.63, 3.8) is 0 Å². The maximum absolute atomic E-state index is 11.7. The van der Waals surface area contributed by atoms with Crippen molar-refractivity contribution in [2.75, 3.05) is 44.0 Å². The second-order valence-electron chi connectivity index (χ2n) is 5.90. The van der Waals surface area contributed by atoms with Crippen molar-refractivity contribution in [1.29, 1.82) is 0 Å². The normalized spacial score (nSPS) is 12.6. The zero-order valence-corrected chi connectivity index (χ0v) is 16.6. The van der Waals surface area contributed by atoms with Crippen molar-refractivity contribution in [3.8, 4) is 0 Å². The van der Waals surface area contributed by atoms with Crippen LogP contribution in [0.15, 0.2) is 6.20 Å². The molecule has 7 nitrogen and oxygen atoms in total. The molecule has 2 aromatic heterocycles. The third-order valence-electron chi connectivity index (χ3n) is 3.12. The molecule has 0 amide bonds. The lowest BCUT2D eigenvalue weighted by Crippen LogP contribution is -2.12. The van der Waals surface area contributed by atoms with E-state index in [1.165, 1.54) is 7.11 Å². The highest BCUT2D eigenvalue weighted by Gasteiger charge is 2.18. The molecule has 0 bridgehead atoms. The van der Waals surface area contributed by atoms with Crippen LogP contribution in [-0.2, 0) is 16.2 Å². The molecular weight excluding hydrogens is 431 g/mol. The molecule has 2 N–H and O–H groups in total. The van der Waals surface area contributed by atoms with Crippen LogP contribution < -0.4 is 5.73 Å². The van der Waals surface area contributed by atoms with E-state index in [1.807, 2.05) is 10.8 Å². The number of carbonyl (C=O) groups excluding carboxylic acids is 1. The molecule has 0 aliphatic heterocycles. The molecule has 23 heavy (non-hydrogen) atoms. The summed E-state index contributed by atoms with van der Waals surface area (Å²) in [7, 11) is 0.711. The summed E-state index contributed by atoms with van der Waals surface area (Å²) < 4.78 is 13.1. The molecule has 0 saturated carbocycles. The van der Waals surface area contributed by atoms with Gasteiger partial charge in [0.2, 0.25) is 0 Å². The van der Waals surface area contributed by atoms with Crippen LogP contribution in [0, 0.1) is 3.57 Å². The largest absolute Gasteiger partial charge is 0.464 e. The predicted octanol–water partition coefficient (Wildman–Crippen LogP) is 2.07. The fraction of sp³-hybridized carbons (Fsp3) is 0.500. The molecule has 2 aromatic rings. The van der Waals surface area contributed by atoms with Gasteiger partial charge in [-0.3, -0.25) is 0 Å². The molecule has 2 rings (SSSR count). The number of nitrogens with two attached hydrogens (primary N) is 1. The molecule has 0 aliphatic rings. The van der Waals surface area contributed by atoms with Crippen molar-refractivity contribution >= 4 is 55.6 Å². The summed E-state index contributed by atoms with van der Waals surface area (Å²) in [4.78, 5) is 20.2. The summed E-state index contributed by atoms with van der Waals surface area (Å²) in [5.74, 6) is 0.507. The Morgan fingerprint density at radius 3 is 2.70 bits per heavy atom. The molecule has 128 valence electrons. The van der Waals surface area contributed by atoms with Crippen LogP contribution in [-0.4, -0.2) is 58.7 Å². The van der Waals surface area contributed by atoms with E-state index in [-0.39, 0.29) is 11.5 Å². The number of aromatic nitrogens is 3. The minimum Gasteiger partial charge on any atom is -0.464 e. The van der Waals surface area contributed by atoms with Crippen molar-refractivity contribution in [1.82, 2.24) is 14.5 Å². The molecular formula is C14H21IN4O3S. The first kappa shape index (κ1) is 18.3. The molecule has 0 saturated heterocycles. The van der Waals surface area contributed by atoms with Gasteiger partial charge in [0.05, 0.1) is 17.3 Å². The third-order valence-corrected chi connectivity index (χ3v) is 5.30. The van der Waals surface area contributed by atoms with Crippen LogP contribution in [0.25, 0.3) is 11.2 Å². The first-order valence-corrected chi connectivity index (χ1v) is 11.0. The summed E-state index contributed by atoms with van der Waals surface area (Å²) in [5.41, 5.74) is 7.08. The van der Waals surface area contributed by atoms with Gasteiger partial charge in [0.1, 0.15) is 12.2 Å². The SMILES string of the molecule is COC(=O)c1nc2c(I)cn(COCCS(C)(C)C)c2nc1N. The molecule has 0 aromatic carbocycles. The third kappa shape index (κ3) is 4.48. The number of ether oxygens (including phenoxy) is 2. The average Bonchev–Trinajstić information content (AvgIpc) is 2.77. The van der Waals surface area contributed by atoms with Gasteiger partial charge < -0.3 is 19.8 Å². The lowest BCUT2D eigenvalue weighted by molar-refractivity contribution is 0.0595. The number of halogens is 1. The number of anilines is 1. The van der Waals surface area contributed by atoms with E-state index in [2.05, 4.69) is 56.1 Å². The Balaban J connectivity index is 2.22. The van der Waals surface area contributed by atoms with E-state index < -0.39 is 16.0 Å². The Hall–Kier alpha value is -1.07. The van der Waals surface area contributed by atoms with E-state index in [0.717, 1.165) is 9.32 Å². The van der Waals surface area contributed by atoms with Crippen molar-refractivity contribution in [2.45, 2.75) is 6.73 Å². The van der Waals surface area contributed by atoms with Crippen LogP contribution in [0.1, 0.15) is 10.5 Å². The number of fused-ring (bicyclic) bond motifs is 1. The first-order valence-electron chi connectivity index (χ1n) is 6.87. The lowest BCUT2D eigenvalue weighted by atomic mass is 10.4. The van der Waals surface area contributed by atoms with Gasteiger partial charge in [0.15, 0.2) is 17.2 Å². The van der Waals surface area contributed by atoms with Gasteiger partial charge >= 0.3 is 5.97 Å². The Bertz CT molecular complexity index is 727. The zero-order valence-electron chi connectivity index (χ0n) is 13.6. The van der Waals surface area contributed by atoms with Crippen LogP contribution in [0.4, 0.5) is 5.82 Å². The maximum atomic E-state index is 11.7. The lowest BCUT2D eigenvalue weighted by Gasteiger charge is -2.24. The van der Waals surface area contributed by atoms with Gasteiger partial charge in [-0.25, -0.2) is 24.8 Å². The number of esters is 1. The number of rotatable bonds is 6. The summed E-state index contributed by atoms with van der Waals surface area (Å²) >= 11 is 2.15. The molecule has 0 fully saturated rings. The van der Waals surface area contributed by atoms with Gasteiger partial charge in [-0.15, -0.1) is 0 Å². The number of hydrogen-bond donors (Lipinski definition) is 1. The smallest absolute Gasteiger partial charge is 0.360 e. The van der Waals surface area contributed by atoms with Crippen LogP contribution in [0.5, 0.6) is 0 Å². The Morgan fingerprint density at radius 1 is 1.39 bits per heavy atom. The van der Waals surface area contributed by atoms with E-state index in [4.69, 9.17) is 10.5 Å². The zero-order chi connectivity index (χ0) is 17.2. The molecule has 0 spiro atoms. The van der Waals surface area contributed by atoms with Crippen molar-refractivity contribution in [3.05, 3.63) is 15.5 Å². The fourth-order valence-corrected chi connectivity index (χ4v) is 3.19. The first-order chi connectivity index (χ1) is 10.7. The highest BCUT2D eigenvalue weighted by Crippen LogP contribution is 2.33. The van der Waals surface area contributed by atoms with Gasteiger partial charge in [0.25, 0.3) is 0 Å². The fourth-order valence-electron chi connectivity index (χ4n) is 1.88. The highest BCUT2D eigenvalue weighted by atomic mass is 127. The van der Waals surface area contributed by atoms with Gasteiger partial charge in [-0.1, -0.05) is 0 Å². The predicted molar refractivity (Wildman–Crippen MR) is 102 cm³/mol. The molecule has 0 aliphatic carbocycles. The summed E-state index contributed by atoms with van der Waals surface area (Å²) in [5, 5.41) is 0. The maximum Gasteiger partial charge on any atom is 0.360 e. The Morgan fingerprint density at radius 2 is 2.09 bits per heavy atom. The summed E-state index contributed by atoms with van der Waals surface area (Å²) in [6.07, 6.45) is 8.65. The Kier molecular flexibility index (Phi) is 5.74. The highest BCUT2D eigenvalue weighted by molar-refractivity contribution is 14.1. The van der Waals surface area contributed by atoms with E-state index in [0.29, 0.717) is 24.5 Å². The summed E-state index contributed by atoms with van der Waals surface area (Å²) in [6, 6.07) is 0. The number of nitrogen functional groups attached to an aromatic ring is 1. The van der Waals surface area contributed by atoms with Crippen LogP contribution in [0.3, 0.4) is 0 Å². The molecule has 0 unspecified atom stereocenters. The number of hydrogen-bond acceptors (Lipinski definition) is 6. The van der Waals surface area contributed by atoms with E-state index in [1.54, 1.807) is 0 Å². The van der Waals surface area contributed by atoms with Gasteiger partial charge in [0, 0.05) is 11.9 Å². The van der Waals surface area contributed by atoms with Crippen LogP contribution in [0.2, 0.25) is 0 Å². The molecule has 2 heterocycles. The van der Waals surface area contributed by atoms with Crippen LogP contribution >= 0.6 is 32.6 Å². The van der Waals surface area contributed by atoms with E-state index in [9.17, 15) is 4.79 Å². The molecule has 9 heteroatoms. The van der Waals surface area contributed by atoms with Gasteiger partial charge in [-0.2, -0.15) is 0 Å². The standard InChI is InChI=1S/C14H21IN4O3S/c1-21-14(20)11-12(16)18-13-10(17-11)9(15)7-19(13)8-22-5-6-23(2,3)4/h7H,5-6,8H2,1-4H3,(H2,16,18). The number of carbonyl (C=O) groups is 1.